The number of carbonyl (C=O) groups is 3. The third kappa shape index (κ3) is 12.9. The maximum atomic E-state index is 11.4. The van der Waals surface area contributed by atoms with E-state index in [2.05, 4.69) is 0 Å². The predicted molar refractivity (Wildman–Crippen MR) is 102 cm³/mol. The monoisotopic (exact) mass is 392 g/mol. The zero-order chi connectivity index (χ0) is 22.2. The number of carboxylic acids is 1. The molecule has 2 atom stereocenters. The number of ether oxygens (including phenoxy) is 2. The Morgan fingerprint density at radius 3 is 1.44 bits per heavy atom. The van der Waals surface area contributed by atoms with E-state index in [1.807, 2.05) is 20.8 Å². The van der Waals surface area contributed by atoms with Gasteiger partial charge in [-0.1, -0.05) is 0 Å². The van der Waals surface area contributed by atoms with E-state index in [4.69, 9.17) is 19.7 Å². The molecule has 0 rings (SSSR count). The fourth-order valence-electron chi connectivity index (χ4n) is 1.29. The third-order valence-electron chi connectivity index (χ3n) is 3.23. The van der Waals surface area contributed by atoms with Crippen molar-refractivity contribution in [1.82, 2.24) is 9.80 Å². The van der Waals surface area contributed by atoms with Gasteiger partial charge in [-0.2, -0.15) is 0 Å². The normalized spacial score (nSPS) is 13.4. The van der Waals surface area contributed by atoms with Crippen LogP contribution in [-0.4, -0.2) is 82.2 Å². The molecule has 0 aromatic carbocycles. The van der Waals surface area contributed by atoms with E-state index < -0.39 is 35.4 Å². The lowest BCUT2D eigenvalue weighted by atomic mass is 10.2. The summed E-state index contributed by atoms with van der Waals surface area (Å²) < 4.78 is 10.1. The second kappa shape index (κ2) is 11.0. The molecule has 160 valence electrons. The molecule has 27 heavy (non-hydrogen) atoms. The summed E-state index contributed by atoms with van der Waals surface area (Å²) in [4.78, 5) is 35.7. The highest BCUT2D eigenvalue weighted by Gasteiger charge is 2.26. The van der Waals surface area contributed by atoms with Crippen molar-refractivity contribution in [2.24, 2.45) is 0 Å². The molecule has 0 saturated carbocycles. The number of aliphatic hydroxyl groups excluding tert-OH is 1. The topological polar surface area (TPSA) is 117 Å². The summed E-state index contributed by atoms with van der Waals surface area (Å²) in [6.45, 7) is 13.7. The van der Waals surface area contributed by atoms with Crippen LogP contribution >= 0.6 is 0 Å². The Labute approximate surface area is 162 Å². The predicted octanol–water partition coefficient (Wildman–Crippen LogP) is 2.56. The van der Waals surface area contributed by atoms with Crippen LogP contribution in [0.3, 0.4) is 0 Å². The lowest BCUT2D eigenvalue weighted by Crippen LogP contribution is -2.43. The van der Waals surface area contributed by atoms with E-state index >= 15 is 0 Å². The molecule has 0 aliphatic heterocycles. The summed E-state index contributed by atoms with van der Waals surface area (Å²) >= 11 is 0. The van der Waals surface area contributed by atoms with Crippen LogP contribution in [0.25, 0.3) is 0 Å². The molecule has 0 aliphatic carbocycles. The van der Waals surface area contributed by atoms with Crippen molar-refractivity contribution >= 4 is 18.2 Å². The van der Waals surface area contributed by atoms with E-state index in [0.717, 1.165) is 4.90 Å². The summed E-state index contributed by atoms with van der Waals surface area (Å²) in [5, 5.41) is 17.5. The number of aliphatic hydroxyl groups is 1. The summed E-state index contributed by atoms with van der Waals surface area (Å²) in [7, 11) is 3.00. The Kier molecular flexibility index (Phi) is 11.0. The van der Waals surface area contributed by atoms with Gasteiger partial charge < -0.3 is 24.6 Å². The standard InChI is InChI=1S/C9H17NO4.C9H19NO3/c1-6(7(11)12)10(5)8(13)14-9(2,3)4;1-7(6-11)10(5)8(12)13-9(2,3)4/h6H,1-5H3,(H,11,12);7,11H,6H2,1-5H3/t6-;7-/m00/s1. The first-order valence-corrected chi connectivity index (χ1v) is 8.68. The van der Waals surface area contributed by atoms with Gasteiger partial charge in [0.2, 0.25) is 0 Å². The van der Waals surface area contributed by atoms with Gasteiger partial charge in [-0.25, -0.2) is 14.4 Å². The average molecular weight is 392 g/mol. The van der Waals surface area contributed by atoms with Crippen molar-refractivity contribution in [3.63, 3.8) is 0 Å². The summed E-state index contributed by atoms with van der Waals surface area (Å²) in [5.41, 5.74) is -1.09. The number of aliphatic carboxylic acids is 1. The van der Waals surface area contributed by atoms with E-state index in [-0.39, 0.29) is 12.6 Å². The molecule has 0 saturated heterocycles. The average Bonchev–Trinajstić information content (AvgIpc) is 2.48. The molecule has 2 amide bonds. The highest BCUT2D eigenvalue weighted by Crippen LogP contribution is 2.11. The highest BCUT2D eigenvalue weighted by atomic mass is 16.6. The number of hydrogen-bond donors (Lipinski definition) is 2. The molecule has 0 fully saturated rings. The molecule has 0 heterocycles. The zero-order valence-corrected chi connectivity index (χ0v) is 18.2. The molecular weight excluding hydrogens is 356 g/mol. The summed E-state index contributed by atoms with van der Waals surface area (Å²) in [6.07, 6.45) is -1.04. The first-order chi connectivity index (χ1) is 11.9. The van der Waals surface area contributed by atoms with Crippen LogP contribution in [0.15, 0.2) is 0 Å². The number of rotatable bonds is 4. The molecule has 0 radical (unpaired) electrons. The van der Waals surface area contributed by atoms with Crippen LogP contribution in [0.1, 0.15) is 55.4 Å². The minimum absolute atomic E-state index is 0.0598. The number of carboxylic acid groups (broad SMARTS) is 1. The molecular formula is C18H36N2O7. The van der Waals surface area contributed by atoms with Crippen LogP contribution in [0.2, 0.25) is 0 Å². The molecule has 2 N–H and O–H groups in total. The number of hydrogen-bond acceptors (Lipinski definition) is 6. The Bertz CT molecular complexity index is 495. The maximum absolute atomic E-state index is 11.4. The van der Waals surface area contributed by atoms with Gasteiger partial charge in [-0.15, -0.1) is 0 Å². The van der Waals surface area contributed by atoms with Gasteiger partial charge >= 0.3 is 18.2 Å². The summed E-state index contributed by atoms with van der Waals surface area (Å²) in [5.74, 6) is -1.06. The van der Waals surface area contributed by atoms with E-state index in [1.165, 1.54) is 18.9 Å². The van der Waals surface area contributed by atoms with Gasteiger partial charge in [-0.05, 0) is 55.4 Å². The minimum Gasteiger partial charge on any atom is -0.480 e. The van der Waals surface area contributed by atoms with Gasteiger partial charge in [0.1, 0.15) is 17.2 Å². The quantitative estimate of drug-likeness (QED) is 0.755. The minimum atomic E-state index is -1.06. The largest absolute Gasteiger partial charge is 0.480 e. The third-order valence-corrected chi connectivity index (χ3v) is 3.23. The van der Waals surface area contributed by atoms with Crippen LogP contribution in [-0.2, 0) is 14.3 Å². The Hall–Kier alpha value is -2.03. The molecule has 0 aromatic heterocycles. The SMILES string of the molecule is C[C@@H](C(=O)O)N(C)C(=O)OC(C)(C)C.C[C@@H](CO)N(C)C(=O)OC(C)(C)C. The Balaban J connectivity index is 0. The number of likely N-dealkylation sites (N-methyl/N-ethyl adjacent to an activating group) is 2. The zero-order valence-electron chi connectivity index (χ0n) is 18.2. The van der Waals surface area contributed by atoms with Crippen molar-refractivity contribution < 1.29 is 34.1 Å². The van der Waals surface area contributed by atoms with Crippen molar-refractivity contribution in [1.29, 1.82) is 0 Å². The van der Waals surface area contributed by atoms with Crippen LogP contribution in [0.4, 0.5) is 9.59 Å². The van der Waals surface area contributed by atoms with E-state index in [0.29, 0.717) is 0 Å². The van der Waals surface area contributed by atoms with Gasteiger partial charge in [0.25, 0.3) is 0 Å². The molecule has 9 heteroatoms. The van der Waals surface area contributed by atoms with E-state index in [1.54, 1.807) is 34.7 Å². The second-order valence-electron chi connectivity index (χ2n) is 8.23. The molecule has 9 nitrogen and oxygen atoms in total. The van der Waals surface area contributed by atoms with Crippen LogP contribution in [0, 0.1) is 0 Å². The van der Waals surface area contributed by atoms with Crippen LogP contribution in [0.5, 0.6) is 0 Å². The van der Waals surface area contributed by atoms with Crippen molar-refractivity contribution in [3.05, 3.63) is 0 Å². The fourth-order valence-corrected chi connectivity index (χ4v) is 1.29. The van der Waals surface area contributed by atoms with E-state index in [9.17, 15) is 14.4 Å². The van der Waals surface area contributed by atoms with Gasteiger partial charge in [0.15, 0.2) is 0 Å². The second-order valence-corrected chi connectivity index (χ2v) is 8.23. The van der Waals surface area contributed by atoms with Crippen molar-refractivity contribution in [2.45, 2.75) is 78.7 Å². The van der Waals surface area contributed by atoms with Crippen molar-refractivity contribution in [2.75, 3.05) is 20.7 Å². The molecule has 0 spiro atoms. The number of carbonyl (C=O) groups excluding carboxylic acids is 2. The van der Waals surface area contributed by atoms with Crippen LogP contribution < -0.4 is 0 Å². The van der Waals surface area contributed by atoms with Crippen molar-refractivity contribution in [3.8, 4) is 0 Å². The fraction of sp³-hybridized carbons (Fsp3) is 0.833. The lowest BCUT2D eigenvalue weighted by Gasteiger charge is -2.27. The van der Waals surface area contributed by atoms with Gasteiger partial charge in [0, 0.05) is 14.1 Å². The summed E-state index contributed by atoms with van der Waals surface area (Å²) in [6, 6.07) is -1.10. The number of amides is 2. The first-order valence-electron chi connectivity index (χ1n) is 8.68. The van der Waals surface area contributed by atoms with Gasteiger partial charge in [-0.3, -0.25) is 4.90 Å². The number of nitrogens with zero attached hydrogens (tertiary/aromatic N) is 2. The first kappa shape index (κ1) is 27.2. The lowest BCUT2D eigenvalue weighted by molar-refractivity contribution is -0.141. The molecule has 0 unspecified atom stereocenters. The molecule has 0 aromatic rings. The Morgan fingerprint density at radius 2 is 1.19 bits per heavy atom. The Morgan fingerprint density at radius 1 is 0.852 bits per heavy atom. The maximum Gasteiger partial charge on any atom is 0.410 e. The molecule has 0 aliphatic rings. The molecule has 0 bridgehead atoms. The highest BCUT2D eigenvalue weighted by molar-refractivity contribution is 5.79. The smallest absolute Gasteiger partial charge is 0.410 e. The van der Waals surface area contributed by atoms with Gasteiger partial charge in [0.05, 0.1) is 12.6 Å².